The molecule has 1 aliphatic heterocycles. The van der Waals surface area contributed by atoms with Gasteiger partial charge in [0.15, 0.2) is 5.65 Å². The molecule has 0 unspecified atom stereocenters. The van der Waals surface area contributed by atoms with E-state index < -0.39 is 10.0 Å². The summed E-state index contributed by atoms with van der Waals surface area (Å²) in [5.41, 5.74) is 1.85. The van der Waals surface area contributed by atoms with Crippen molar-refractivity contribution in [2.75, 3.05) is 25.0 Å². The van der Waals surface area contributed by atoms with Crippen molar-refractivity contribution in [3.05, 3.63) is 58.6 Å². The van der Waals surface area contributed by atoms with Gasteiger partial charge in [-0.05, 0) is 49.6 Å². The molecule has 9 heteroatoms. The molecule has 1 aromatic carbocycles. The lowest BCUT2D eigenvalue weighted by atomic mass is 10.2. The van der Waals surface area contributed by atoms with E-state index in [0.717, 1.165) is 24.8 Å². The number of aryl methyl sites for hydroxylation is 1. The Labute approximate surface area is 169 Å². The maximum atomic E-state index is 13.0. The fourth-order valence-corrected chi connectivity index (χ4v) is 5.42. The molecular weight excluding hydrogens is 390 g/mol. The number of rotatable bonds is 6. The molecule has 1 saturated heterocycles. The van der Waals surface area contributed by atoms with Crippen LogP contribution in [-0.2, 0) is 16.6 Å². The molecule has 2 aromatic heterocycles. The third-order valence-electron chi connectivity index (χ3n) is 5.26. The second-order valence-electron chi connectivity index (χ2n) is 7.31. The Hall–Kier alpha value is -2.65. The molecule has 0 saturated carbocycles. The van der Waals surface area contributed by atoms with Crippen molar-refractivity contribution in [3.8, 4) is 0 Å². The molecule has 0 radical (unpaired) electrons. The molecule has 0 atom stereocenters. The van der Waals surface area contributed by atoms with E-state index in [-0.39, 0.29) is 5.69 Å². The highest BCUT2D eigenvalue weighted by Gasteiger charge is 2.27. The molecule has 0 aliphatic carbocycles. The van der Waals surface area contributed by atoms with Crippen LogP contribution >= 0.6 is 0 Å². The van der Waals surface area contributed by atoms with Crippen LogP contribution in [0.1, 0.15) is 24.8 Å². The summed E-state index contributed by atoms with van der Waals surface area (Å²) in [6.45, 7) is 3.81. The van der Waals surface area contributed by atoms with Gasteiger partial charge >= 0.3 is 5.69 Å². The minimum absolute atomic E-state index is 0.195. The highest BCUT2D eigenvalue weighted by atomic mass is 32.2. The molecule has 29 heavy (non-hydrogen) atoms. The zero-order chi connectivity index (χ0) is 20.4. The predicted molar refractivity (Wildman–Crippen MR) is 112 cm³/mol. The van der Waals surface area contributed by atoms with Crippen molar-refractivity contribution in [2.45, 2.75) is 37.6 Å². The maximum absolute atomic E-state index is 13.0. The van der Waals surface area contributed by atoms with Crippen LogP contribution in [0.15, 0.2) is 52.3 Å². The van der Waals surface area contributed by atoms with Crippen LogP contribution in [0.2, 0.25) is 0 Å². The summed E-state index contributed by atoms with van der Waals surface area (Å²) in [7, 11) is -3.49. The Morgan fingerprint density at radius 1 is 1.10 bits per heavy atom. The van der Waals surface area contributed by atoms with Crippen molar-refractivity contribution in [3.63, 3.8) is 0 Å². The van der Waals surface area contributed by atoms with Crippen LogP contribution in [0, 0.1) is 6.92 Å². The van der Waals surface area contributed by atoms with Gasteiger partial charge in [-0.3, -0.25) is 4.40 Å². The SMILES string of the molecule is Cc1ccc(NCCn2nc3ccccn3c2=O)cc1S(=O)(=O)N1CCCCC1. The number of anilines is 1. The zero-order valence-corrected chi connectivity index (χ0v) is 17.2. The fraction of sp³-hybridized carbons (Fsp3) is 0.400. The first-order valence-electron chi connectivity index (χ1n) is 9.86. The lowest BCUT2D eigenvalue weighted by Crippen LogP contribution is -2.36. The number of aromatic nitrogens is 3. The quantitative estimate of drug-likeness (QED) is 0.666. The van der Waals surface area contributed by atoms with Crippen LogP contribution in [0.3, 0.4) is 0 Å². The summed E-state index contributed by atoms with van der Waals surface area (Å²) < 4.78 is 30.6. The third-order valence-corrected chi connectivity index (χ3v) is 7.30. The number of nitrogens with zero attached hydrogens (tertiary/aromatic N) is 4. The lowest BCUT2D eigenvalue weighted by molar-refractivity contribution is 0.346. The maximum Gasteiger partial charge on any atom is 0.350 e. The van der Waals surface area contributed by atoms with E-state index in [0.29, 0.717) is 42.4 Å². The van der Waals surface area contributed by atoms with Crippen molar-refractivity contribution in [1.29, 1.82) is 0 Å². The van der Waals surface area contributed by atoms with E-state index in [1.54, 1.807) is 28.7 Å². The van der Waals surface area contributed by atoms with Gasteiger partial charge in [0.2, 0.25) is 10.0 Å². The number of hydrogen-bond donors (Lipinski definition) is 1. The average Bonchev–Trinajstić information content (AvgIpc) is 3.06. The van der Waals surface area contributed by atoms with Crippen molar-refractivity contribution < 1.29 is 8.42 Å². The second kappa shape index (κ2) is 8.00. The third kappa shape index (κ3) is 3.92. The van der Waals surface area contributed by atoms with Crippen LogP contribution in [0.4, 0.5) is 5.69 Å². The van der Waals surface area contributed by atoms with E-state index in [1.165, 1.54) is 9.08 Å². The smallest absolute Gasteiger partial charge is 0.350 e. The van der Waals surface area contributed by atoms with E-state index in [9.17, 15) is 13.2 Å². The Morgan fingerprint density at radius 3 is 2.66 bits per heavy atom. The molecule has 3 aromatic rings. The van der Waals surface area contributed by atoms with Crippen LogP contribution < -0.4 is 11.0 Å². The normalized spacial score (nSPS) is 15.6. The van der Waals surface area contributed by atoms with Gasteiger partial charge in [-0.15, -0.1) is 5.10 Å². The minimum Gasteiger partial charge on any atom is -0.383 e. The number of pyridine rings is 1. The van der Waals surface area contributed by atoms with Gasteiger partial charge in [0.25, 0.3) is 0 Å². The second-order valence-corrected chi connectivity index (χ2v) is 9.21. The van der Waals surface area contributed by atoms with Crippen LogP contribution in [-0.4, -0.2) is 46.5 Å². The largest absolute Gasteiger partial charge is 0.383 e. The van der Waals surface area contributed by atoms with Gasteiger partial charge < -0.3 is 5.32 Å². The molecule has 0 bridgehead atoms. The van der Waals surface area contributed by atoms with Gasteiger partial charge in [-0.2, -0.15) is 4.31 Å². The first-order valence-corrected chi connectivity index (χ1v) is 11.3. The summed E-state index contributed by atoms with van der Waals surface area (Å²) >= 11 is 0. The summed E-state index contributed by atoms with van der Waals surface area (Å²) in [4.78, 5) is 12.7. The predicted octanol–water partition coefficient (Wildman–Crippen LogP) is 2.09. The summed E-state index contributed by atoms with van der Waals surface area (Å²) in [6.07, 6.45) is 4.58. The number of fused-ring (bicyclic) bond motifs is 1. The van der Waals surface area contributed by atoms with Crippen LogP contribution in [0.5, 0.6) is 0 Å². The standard InChI is InChI=1S/C20H25N5O3S/c1-16-8-9-17(15-18(16)29(27,28)23-11-4-2-5-12-23)21-10-14-25-20(26)24-13-6-3-7-19(24)22-25/h3,6-9,13,15,21H,2,4-5,10-12,14H2,1H3. The highest BCUT2D eigenvalue weighted by molar-refractivity contribution is 7.89. The van der Waals surface area contributed by atoms with Crippen LogP contribution in [0.25, 0.3) is 5.65 Å². The number of piperidine rings is 1. The van der Waals surface area contributed by atoms with E-state index >= 15 is 0 Å². The Balaban J connectivity index is 1.49. The topological polar surface area (TPSA) is 88.7 Å². The number of sulfonamides is 1. The van der Waals surface area contributed by atoms with Crippen molar-refractivity contribution >= 4 is 21.4 Å². The van der Waals surface area contributed by atoms with Crippen molar-refractivity contribution in [1.82, 2.24) is 18.5 Å². The molecule has 8 nitrogen and oxygen atoms in total. The molecule has 0 amide bonds. The van der Waals surface area contributed by atoms with Crippen molar-refractivity contribution in [2.24, 2.45) is 0 Å². The first kappa shape index (κ1) is 19.7. The molecule has 1 fully saturated rings. The average molecular weight is 416 g/mol. The van der Waals surface area contributed by atoms with Gasteiger partial charge in [0.1, 0.15) is 0 Å². The summed E-state index contributed by atoms with van der Waals surface area (Å²) in [5, 5.41) is 7.52. The Bertz CT molecular complexity index is 1180. The number of hydrogen-bond acceptors (Lipinski definition) is 5. The first-order chi connectivity index (χ1) is 14.0. The number of nitrogens with one attached hydrogen (secondary N) is 1. The van der Waals surface area contributed by atoms with E-state index in [2.05, 4.69) is 10.4 Å². The van der Waals surface area contributed by atoms with Gasteiger partial charge in [-0.25, -0.2) is 17.9 Å². The number of benzene rings is 1. The molecule has 0 spiro atoms. The van der Waals surface area contributed by atoms with Gasteiger partial charge in [0, 0.05) is 31.5 Å². The monoisotopic (exact) mass is 415 g/mol. The molecule has 4 rings (SSSR count). The summed E-state index contributed by atoms with van der Waals surface area (Å²) in [5.74, 6) is 0. The molecule has 1 aliphatic rings. The fourth-order valence-electron chi connectivity index (χ4n) is 3.65. The van der Waals surface area contributed by atoms with Gasteiger partial charge in [-0.1, -0.05) is 18.6 Å². The molecular formula is C20H25N5O3S. The van der Waals surface area contributed by atoms with E-state index in [4.69, 9.17) is 0 Å². The van der Waals surface area contributed by atoms with E-state index in [1.807, 2.05) is 25.1 Å². The highest BCUT2D eigenvalue weighted by Crippen LogP contribution is 2.25. The van der Waals surface area contributed by atoms with Gasteiger partial charge in [0.05, 0.1) is 11.4 Å². The molecule has 1 N–H and O–H groups in total. The zero-order valence-electron chi connectivity index (χ0n) is 16.4. The summed E-state index contributed by atoms with van der Waals surface area (Å²) in [6, 6.07) is 10.8. The Kier molecular flexibility index (Phi) is 5.42. The molecule has 154 valence electrons. The minimum atomic E-state index is -3.49. The molecule has 3 heterocycles. The Morgan fingerprint density at radius 2 is 1.90 bits per heavy atom. The lowest BCUT2D eigenvalue weighted by Gasteiger charge is -2.26.